The van der Waals surface area contributed by atoms with E-state index in [1.807, 2.05) is 30.3 Å². The zero-order valence-electron chi connectivity index (χ0n) is 13.2. The van der Waals surface area contributed by atoms with E-state index in [9.17, 15) is 9.59 Å². The molecular formula is C19H18BrN2O2+. The number of nitrogens with one attached hydrogen (secondary N) is 1. The van der Waals surface area contributed by atoms with Gasteiger partial charge >= 0.3 is 0 Å². The van der Waals surface area contributed by atoms with Gasteiger partial charge in [-0.1, -0.05) is 36.4 Å². The van der Waals surface area contributed by atoms with Crippen LogP contribution < -0.4 is 9.80 Å². The number of carbonyl (C=O) groups excluding carboxylic acids is 2. The molecule has 0 aromatic heterocycles. The second-order valence-corrected chi connectivity index (χ2v) is 7.23. The van der Waals surface area contributed by atoms with Crippen molar-refractivity contribution in [1.82, 2.24) is 0 Å². The van der Waals surface area contributed by atoms with E-state index in [4.69, 9.17) is 0 Å². The molecule has 1 unspecified atom stereocenters. The Labute approximate surface area is 149 Å². The van der Waals surface area contributed by atoms with Crippen molar-refractivity contribution in [2.75, 3.05) is 11.4 Å². The van der Waals surface area contributed by atoms with Crippen LogP contribution >= 0.6 is 15.9 Å². The Balaban J connectivity index is 1.60. The predicted octanol–water partition coefficient (Wildman–Crippen LogP) is 1.72. The number of carbonyl (C=O) groups is 2. The molecule has 0 aliphatic carbocycles. The Morgan fingerprint density at radius 3 is 2.50 bits per heavy atom. The molecule has 4 nitrogen and oxygen atoms in total. The Bertz CT molecular complexity index is 821. The number of para-hydroxylation sites is 1. The van der Waals surface area contributed by atoms with E-state index in [0.717, 1.165) is 24.0 Å². The molecule has 24 heavy (non-hydrogen) atoms. The standard InChI is InChI=1S/C19H17BrN2O2/c20-15-7-3-4-8-16(15)22-18(23)11-17(19(22)24)21-10-9-13-5-1-2-6-14(13)12-21/h1-8,17H,9-12H2/p+1/t17-/m1/s1. The summed E-state index contributed by atoms with van der Waals surface area (Å²) in [4.78, 5) is 28.0. The van der Waals surface area contributed by atoms with Crippen molar-refractivity contribution in [1.29, 1.82) is 0 Å². The van der Waals surface area contributed by atoms with Crippen LogP contribution in [0, 0.1) is 0 Å². The number of amides is 2. The van der Waals surface area contributed by atoms with Gasteiger partial charge in [-0.3, -0.25) is 9.59 Å². The molecule has 2 aliphatic heterocycles. The fraction of sp³-hybridized carbons (Fsp3) is 0.263. The largest absolute Gasteiger partial charge is 0.320 e. The highest BCUT2D eigenvalue weighted by Gasteiger charge is 2.46. The molecule has 2 aromatic rings. The number of halogens is 1. The van der Waals surface area contributed by atoms with Crippen molar-refractivity contribution in [3.63, 3.8) is 0 Å². The number of quaternary nitrogens is 1. The second-order valence-electron chi connectivity index (χ2n) is 6.38. The third kappa shape index (κ3) is 2.58. The molecule has 2 heterocycles. The molecule has 1 fully saturated rings. The lowest BCUT2D eigenvalue weighted by Gasteiger charge is -2.29. The number of fused-ring (bicyclic) bond motifs is 1. The maximum Gasteiger partial charge on any atom is 0.292 e. The summed E-state index contributed by atoms with van der Waals surface area (Å²) in [6, 6.07) is 15.5. The van der Waals surface area contributed by atoms with E-state index < -0.39 is 0 Å². The van der Waals surface area contributed by atoms with Crippen LogP contribution in [0.3, 0.4) is 0 Å². The summed E-state index contributed by atoms with van der Waals surface area (Å²) in [5, 5.41) is 0. The predicted molar refractivity (Wildman–Crippen MR) is 94.7 cm³/mol. The Hall–Kier alpha value is -1.98. The first kappa shape index (κ1) is 15.5. The maximum absolute atomic E-state index is 12.9. The van der Waals surface area contributed by atoms with Gasteiger partial charge in [0.2, 0.25) is 5.91 Å². The zero-order valence-corrected chi connectivity index (χ0v) is 14.8. The van der Waals surface area contributed by atoms with Crippen LogP contribution in [0.4, 0.5) is 5.69 Å². The molecule has 0 spiro atoms. The van der Waals surface area contributed by atoms with Crippen molar-refractivity contribution in [2.45, 2.75) is 25.4 Å². The highest BCUT2D eigenvalue weighted by Crippen LogP contribution is 2.29. The van der Waals surface area contributed by atoms with Crippen LogP contribution in [-0.2, 0) is 22.6 Å². The first-order valence-corrected chi connectivity index (χ1v) is 8.97. The van der Waals surface area contributed by atoms with Crippen LogP contribution in [0.1, 0.15) is 17.5 Å². The first-order chi connectivity index (χ1) is 11.6. The third-order valence-electron chi connectivity index (χ3n) is 4.98. The average Bonchev–Trinajstić information content (AvgIpc) is 2.90. The molecule has 0 bridgehead atoms. The summed E-state index contributed by atoms with van der Waals surface area (Å²) < 4.78 is 0.770. The molecule has 5 heteroatoms. The minimum atomic E-state index is -0.280. The fourth-order valence-electron chi connectivity index (χ4n) is 3.74. The number of hydrogen-bond acceptors (Lipinski definition) is 2. The van der Waals surface area contributed by atoms with E-state index in [1.54, 1.807) is 0 Å². The van der Waals surface area contributed by atoms with Gasteiger partial charge in [0.05, 0.1) is 18.7 Å². The topological polar surface area (TPSA) is 41.8 Å². The van der Waals surface area contributed by atoms with Gasteiger partial charge in [-0.2, -0.15) is 0 Å². The summed E-state index contributed by atoms with van der Waals surface area (Å²) >= 11 is 3.45. The maximum atomic E-state index is 12.9. The average molecular weight is 386 g/mol. The van der Waals surface area contributed by atoms with Crippen molar-refractivity contribution in [2.24, 2.45) is 0 Å². The molecule has 2 amide bonds. The van der Waals surface area contributed by atoms with E-state index in [1.165, 1.54) is 20.9 Å². The van der Waals surface area contributed by atoms with Gasteiger partial charge in [0, 0.05) is 16.5 Å². The van der Waals surface area contributed by atoms with Crippen LogP contribution in [0.2, 0.25) is 0 Å². The van der Waals surface area contributed by atoms with Crippen LogP contribution in [-0.4, -0.2) is 24.4 Å². The van der Waals surface area contributed by atoms with Crippen molar-refractivity contribution in [3.8, 4) is 0 Å². The molecule has 2 aliphatic rings. The quantitative estimate of drug-likeness (QED) is 0.799. The van der Waals surface area contributed by atoms with Crippen LogP contribution in [0.15, 0.2) is 53.0 Å². The van der Waals surface area contributed by atoms with Crippen molar-refractivity contribution < 1.29 is 14.5 Å². The number of benzene rings is 2. The minimum absolute atomic E-state index is 0.0821. The number of hydrogen-bond donors (Lipinski definition) is 1. The number of nitrogens with zero attached hydrogens (tertiary/aromatic N) is 1. The highest BCUT2D eigenvalue weighted by molar-refractivity contribution is 9.10. The number of rotatable bonds is 2. The second kappa shape index (κ2) is 6.15. The van der Waals surface area contributed by atoms with E-state index in [0.29, 0.717) is 5.69 Å². The van der Waals surface area contributed by atoms with Gasteiger partial charge in [0.15, 0.2) is 6.04 Å². The molecule has 1 N–H and O–H groups in total. The summed E-state index contributed by atoms with van der Waals surface area (Å²) in [5.41, 5.74) is 3.30. The summed E-state index contributed by atoms with van der Waals surface area (Å²) in [7, 11) is 0. The SMILES string of the molecule is O=C1C[C@@H]([NH+]2CCc3ccccc3C2)C(=O)N1c1ccccc1Br. The van der Waals surface area contributed by atoms with Gasteiger partial charge in [-0.05, 0) is 33.6 Å². The van der Waals surface area contributed by atoms with Crippen LogP contribution in [0.25, 0.3) is 0 Å². The summed E-state index contributed by atoms with van der Waals surface area (Å²) in [5.74, 6) is -0.190. The monoisotopic (exact) mass is 385 g/mol. The minimum Gasteiger partial charge on any atom is -0.320 e. The third-order valence-corrected chi connectivity index (χ3v) is 5.65. The Kier molecular flexibility index (Phi) is 3.98. The molecule has 0 saturated carbocycles. The number of anilines is 1. The van der Waals surface area contributed by atoms with Gasteiger partial charge < -0.3 is 4.90 Å². The lowest BCUT2D eigenvalue weighted by molar-refractivity contribution is -0.930. The van der Waals surface area contributed by atoms with Gasteiger partial charge in [-0.25, -0.2) is 4.90 Å². The van der Waals surface area contributed by atoms with Gasteiger partial charge in [0.1, 0.15) is 6.54 Å². The molecule has 0 radical (unpaired) electrons. The first-order valence-electron chi connectivity index (χ1n) is 8.18. The fourth-order valence-corrected chi connectivity index (χ4v) is 4.20. The van der Waals surface area contributed by atoms with E-state index in [2.05, 4.69) is 34.1 Å². The van der Waals surface area contributed by atoms with Crippen molar-refractivity contribution in [3.05, 3.63) is 64.1 Å². The van der Waals surface area contributed by atoms with Crippen LogP contribution in [0.5, 0.6) is 0 Å². The van der Waals surface area contributed by atoms with Crippen molar-refractivity contribution >= 4 is 33.4 Å². The Morgan fingerprint density at radius 1 is 1.00 bits per heavy atom. The molecule has 122 valence electrons. The van der Waals surface area contributed by atoms with Gasteiger partial charge in [-0.15, -0.1) is 0 Å². The highest BCUT2D eigenvalue weighted by atomic mass is 79.9. The lowest BCUT2D eigenvalue weighted by atomic mass is 9.98. The molecule has 2 atom stereocenters. The lowest BCUT2D eigenvalue weighted by Crippen LogP contribution is -3.16. The van der Waals surface area contributed by atoms with E-state index >= 15 is 0 Å². The Morgan fingerprint density at radius 2 is 1.71 bits per heavy atom. The van der Waals surface area contributed by atoms with E-state index in [-0.39, 0.29) is 24.3 Å². The summed E-state index contributed by atoms with van der Waals surface area (Å²) in [6.07, 6.45) is 1.25. The molecule has 2 aromatic carbocycles. The number of imide groups is 1. The zero-order chi connectivity index (χ0) is 16.7. The molecular weight excluding hydrogens is 368 g/mol. The smallest absolute Gasteiger partial charge is 0.292 e. The summed E-state index contributed by atoms with van der Waals surface area (Å²) in [6.45, 7) is 1.70. The molecule has 4 rings (SSSR count). The molecule has 1 saturated heterocycles. The normalized spacial score (nSPS) is 23.5. The van der Waals surface area contributed by atoms with Gasteiger partial charge in [0.25, 0.3) is 5.91 Å².